The molecule has 2 nitrogen and oxygen atoms in total. The molecule has 0 saturated carbocycles. The minimum atomic E-state index is -0.147. The predicted octanol–water partition coefficient (Wildman–Crippen LogP) is 4.59. The first kappa shape index (κ1) is 14.9. The number of rotatable bonds is 5. The fourth-order valence-electron chi connectivity index (χ4n) is 2.90. The monoisotopic (exact) mass is 250 g/mol. The molecule has 18 heavy (non-hydrogen) atoms. The van der Waals surface area contributed by atoms with Gasteiger partial charge < -0.3 is 10.2 Å². The normalized spacial score (nSPS) is 15.4. The molecule has 1 aromatic carbocycles. The Hall–Kier alpha value is -1.18. The Bertz CT molecular complexity index is 410. The minimum absolute atomic E-state index is 0.0712. The van der Waals surface area contributed by atoms with E-state index in [1.165, 1.54) is 6.07 Å². The summed E-state index contributed by atoms with van der Waals surface area (Å²) in [4.78, 5) is 0. The minimum Gasteiger partial charge on any atom is -0.508 e. The molecule has 2 heteroatoms. The summed E-state index contributed by atoms with van der Waals surface area (Å²) >= 11 is 0. The first-order valence-corrected chi connectivity index (χ1v) is 6.81. The SMILES string of the molecule is CCCC(C)(C)C(C)(CC)c1cc(O)ccc1O. The quantitative estimate of drug-likeness (QED) is 0.750. The van der Waals surface area contributed by atoms with E-state index in [0.29, 0.717) is 0 Å². The van der Waals surface area contributed by atoms with Crippen molar-refractivity contribution in [3.63, 3.8) is 0 Å². The molecule has 0 fully saturated rings. The number of hydrogen-bond donors (Lipinski definition) is 2. The van der Waals surface area contributed by atoms with Crippen LogP contribution in [0.2, 0.25) is 0 Å². The van der Waals surface area contributed by atoms with Gasteiger partial charge in [0, 0.05) is 11.0 Å². The molecule has 0 spiro atoms. The fraction of sp³-hybridized carbons (Fsp3) is 0.625. The zero-order valence-corrected chi connectivity index (χ0v) is 12.2. The predicted molar refractivity (Wildman–Crippen MR) is 76.1 cm³/mol. The lowest BCUT2D eigenvalue weighted by atomic mass is 9.59. The lowest BCUT2D eigenvalue weighted by molar-refractivity contribution is 0.151. The Morgan fingerprint density at radius 2 is 1.67 bits per heavy atom. The van der Waals surface area contributed by atoms with Crippen molar-refractivity contribution in [1.82, 2.24) is 0 Å². The van der Waals surface area contributed by atoms with E-state index in [9.17, 15) is 10.2 Å². The van der Waals surface area contributed by atoms with Crippen LogP contribution < -0.4 is 0 Å². The Morgan fingerprint density at radius 3 is 2.17 bits per heavy atom. The maximum Gasteiger partial charge on any atom is 0.119 e. The molecule has 1 unspecified atom stereocenters. The van der Waals surface area contributed by atoms with Crippen LogP contribution in [0, 0.1) is 5.41 Å². The molecule has 0 amide bonds. The summed E-state index contributed by atoms with van der Waals surface area (Å²) in [5.74, 6) is 0.496. The smallest absolute Gasteiger partial charge is 0.119 e. The molecule has 0 saturated heterocycles. The summed E-state index contributed by atoms with van der Waals surface area (Å²) in [6.45, 7) is 11.0. The van der Waals surface area contributed by atoms with E-state index >= 15 is 0 Å². The lowest BCUT2D eigenvalue weighted by Gasteiger charge is -2.45. The molecular weight excluding hydrogens is 224 g/mol. The van der Waals surface area contributed by atoms with Gasteiger partial charge in [-0.2, -0.15) is 0 Å². The Morgan fingerprint density at radius 1 is 1.06 bits per heavy atom. The highest BCUT2D eigenvalue weighted by atomic mass is 16.3. The highest BCUT2D eigenvalue weighted by molar-refractivity contribution is 5.44. The molecule has 2 N–H and O–H groups in total. The summed E-state index contributed by atoms with van der Waals surface area (Å²) in [6, 6.07) is 4.82. The van der Waals surface area contributed by atoms with Gasteiger partial charge in [0.25, 0.3) is 0 Å². The van der Waals surface area contributed by atoms with Gasteiger partial charge in [-0.25, -0.2) is 0 Å². The van der Waals surface area contributed by atoms with E-state index in [0.717, 1.165) is 24.8 Å². The average Bonchev–Trinajstić information content (AvgIpc) is 2.31. The maximum atomic E-state index is 10.1. The van der Waals surface area contributed by atoms with E-state index in [2.05, 4.69) is 34.6 Å². The van der Waals surface area contributed by atoms with Crippen molar-refractivity contribution in [3.05, 3.63) is 23.8 Å². The Kier molecular flexibility index (Phi) is 4.31. The van der Waals surface area contributed by atoms with Crippen LogP contribution in [0.4, 0.5) is 0 Å². The Balaban J connectivity index is 3.34. The third kappa shape index (κ3) is 2.47. The van der Waals surface area contributed by atoms with Crippen molar-refractivity contribution in [3.8, 4) is 11.5 Å². The maximum absolute atomic E-state index is 10.1. The molecule has 1 aromatic rings. The second-order valence-electron chi connectivity index (χ2n) is 6.02. The van der Waals surface area contributed by atoms with Crippen molar-refractivity contribution in [1.29, 1.82) is 0 Å². The lowest BCUT2D eigenvalue weighted by Crippen LogP contribution is -2.38. The number of aromatic hydroxyl groups is 2. The first-order valence-electron chi connectivity index (χ1n) is 6.81. The van der Waals surface area contributed by atoms with Crippen LogP contribution in [0.25, 0.3) is 0 Å². The second kappa shape index (κ2) is 5.21. The second-order valence-corrected chi connectivity index (χ2v) is 6.02. The first-order chi connectivity index (χ1) is 8.28. The number of hydrogen-bond acceptors (Lipinski definition) is 2. The van der Waals surface area contributed by atoms with Crippen molar-refractivity contribution < 1.29 is 10.2 Å². The molecule has 0 heterocycles. The van der Waals surface area contributed by atoms with Gasteiger partial charge in [0.1, 0.15) is 11.5 Å². The topological polar surface area (TPSA) is 40.5 Å². The van der Waals surface area contributed by atoms with Gasteiger partial charge in [0.2, 0.25) is 0 Å². The van der Waals surface area contributed by atoms with E-state index in [1.54, 1.807) is 12.1 Å². The molecule has 0 bridgehead atoms. The average molecular weight is 250 g/mol. The highest BCUT2D eigenvalue weighted by Crippen LogP contribution is 2.50. The van der Waals surface area contributed by atoms with Gasteiger partial charge in [-0.1, -0.05) is 41.0 Å². The van der Waals surface area contributed by atoms with E-state index in [-0.39, 0.29) is 22.3 Å². The number of phenols is 2. The van der Waals surface area contributed by atoms with Crippen LogP contribution in [0.5, 0.6) is 11.5 Å². The van der Waals surface area contributed by atoms with Gasteiger partial charge in [-0.3, -0.25) is 0 Å². The van der Waals surface area contributed by atoms with Crippen LogP contribution in [0.1, 0.15) is 59.4 Å². The molecule has 0 aliphatic heterocycles. The van der Waals surface area contributed by atoms with Crippen LogP contribution >= 0.6 is 0 Å². The molecular formula is C16H26O2. The van der Waals surface area contributed by atoms with E-state index in [1.807, 2.05) is 0 Å². The number of benzene rings is 1. The molecule has 1 rings (SSSR count). The summed E-state index contributed by atoms with van der Waals surface area (Å²) < 4.78 is 0. The van der Waals surface area contributed by atoms with Crippen LogP contribution in [0.15, 0.2) is 18.2 Å². The zero-order valence-electron chi connectivity index (χ0n) is 12.2. The van der Waals surface area contributed by atoms with Crippen LogP contribution in [0.3, 0.4) is 0 Å². The van der Waals surface area contributed by atoms with Crippen molar-refractivity contribution >= 4 is 0 Å². The van der Waals surface area contributed by atoms with Gasteiger partial charge in [0.15, 0.2) is 0 Å². The molecule has 0 aliphatic carbocycles. The molecule has 0 aromatic heterocycles. The zero-order chi connectivity index (χ0) is 14.0. The van der Waals surface area contributed by atoms with Crippen molar-refractivity contribution in [2.75, 3.05) is 0 Å². The summed E-state index contributed by atoms with van der Waals surface area (Å²) in [7, 11) is 0. The largest absolute Gasteiger partial charge is 0.508 e. The van der Waals surface area contributed by atoms with Gasteiger partial charge >= 0.3 is 0 Å². The molecule has 1 atom stereocenters. The summed E-state index contributed by atoms with van der Waals surface area (Å²) in [5.41, 5.74) is 0.775. The van der Waals surface area contributed by atoms with E-state index in [4.69, 9.17) is 0 Å². The van der Waals surface area contributed by atoms with Gasteiger partial charge in [-0.15, -0.1) is 0 Å². The van der Waals surface area contributed by atoms with Crippen LogP contribution in [-0.2, 0) is 5.41 Å². The third-order valence-corrected chi connectivity index (χ3v) is 4.65. The third-order valence-electron chi connectivity index (χ3n) is 4.65. The van der Waals surface area contributed by atoms with Gasteiger partial charge in [0.05, 0.1) is 0 Å². The highest BCUT2D eigenvalue weighted by Gasteiger charge is 2.41. The van der Waals surface area contributed by atoms with Gasteiger partial charge in [-0.05, 0) is 36.5 Å². The standard InChI is InChI=1S/C16H26O2/c1-6-10-15(3,4)16(5,7-2)13-11-12(17)8-9-14(13)18/h8-9,11,17-18H,6-7,10H2,1-5H3. The van der Waals surface area contributed by atoms with E-state index < -0.39 is 0 Å². The fourth-order valence-corrected chi connectivity index (χ4v) is 2.90. The van der Waals surface area contributed by atoms with Crippen LogP contribution in [-0.4, -0.2) is 10.2 Å². The molecule has 102 valence electrons. The van der Waals surface area contributed by atoms with Crippen molar-refractivity contribution in [2.45, 2.75) is 59.3 Å². The number of phenolic OH excluding ortho intramolecular Hbond substituents is 2. The molecule has 0 aliphatic rings. The van der Waals surface area contributed by atoms with Crippen molar-refractivity contribution in [2.24, 2.45) is 5.41 Å². The molecule has 0 radical (unpaired) electrons. The Labute approximate surface area is 111 Å². The summed E-state index contributed by atoms with van der Waals surface area (Å²) in [5, 5.41) is 19.8. The summed E-state index contributed by atoms with van der Waals surface area (Å²) in [6.07, 6.45) is 3.13.